The molecule has 0 aromatic carbocycles. The number of hydrogen-bond acceptors (Lipinski definition) is 5. The average Bonchev–Trinajstić information content (AvgIpc) is 2.45. The summed E-state index contributed by atoms with van der Waals surface area (Å²) in [5.41, 5.74) is -0.590. The van der Waals surface area contributed by atoms with Gasteiger partial charge in [0.2, 0.25) is 0 Å². The van der Waals surface area contributed by atoms with Crippen LogP contribution in [0.25, 0.3) is 0 Å². The predicted molar refractivity (Wildman–Crippen MR) is 79.8 cm³/mol. The molecule has 0 saturated carbocycles. The Kier molecular flexibility index (Phi) is 7.48. The Hall–Kier alpha value is -0.650. The summed E-state index contributed by atoms with van der Waals surface area (Å²) in [7, 11) is 3.57. The third-order valence-electron chi connectivity index (χ3n) is 4.11. The zero-order valence-electron chi connectivity index (χ0n) is 13.4. The molecule has 1 aliphatic heterocycles. The van der Waals surface area contributed by atoms with E-state index in [4.69, 9.17) is 9.47 Å². The topological polar surface area (TPSA) is 50.8 Å². The van der Waals surface area contributed by atoms with Crippen molar-refractivity contribution in [1.29, 1.82) is 0 Å². The van der Waals surface area contributed by atoms with Gasteiger partial charge in [-0.1, -0.05) is 6.92 Å². The van der Waals surface area contributed by atoms with Crippen LogP contribution in [0, 0.1) is 5.92 Å². The molecule has 1 fully saturated rings. The van der Waals surface area contributed by atoms with Gasteiger partial charge < -0.3 is 19.7 Å². The number of rotatable bonds is 8. The van der Waals surface area contributed by atoms with Crippen LogP contribution in [-0.4, -0.2) is 63.4 Å². The molecule has 20 heavy (non-hydrogen) atoms. The number of carbonyl (C=O) groups excluding carboxylic acids is 1. The summed E-state index contributed by atoms with van der Waals surface area (Å²) in [6.45, 7) is 8.42. The van der Waals surface area contributed by atoms with Crippen LogP contribution in [0.15, 0.2) is 0 Å². The number of ether oxygens (including phenoxy) is 2. The van der Waals surface area contributed by atoms with Gasteiger partial charge >= 0.3 is 5.97 Å². The van der Waals surface area contributed by atoms with E-state index in [0.29, 0.717) is 0 Å². The molecule has 0 bridgehead atoms. The summed E-state index contributed by atoms with van der Waals surface area (Å²) in [6.07, 6.45) is 3.05. The van der Waals surface area contributed by atoms with Gasteiger partial charge in [-0.25, -0.2) is 0 Å². The highest BCUT2D eigenvalue weighted by molar-refractivity contribution is 5.80. The van der Waals surface area contributed by atoms with Crippen LogP contribution in [-0.2, 0) is 14.3 Å². The molecule has 5 heteroatoms. The first-order valence-electron chi connectivity index (χ1n) is 7.61. The number of carbonyl (C=O) groups is 1. The van der Waals surface area contributed by atoms with Crippen molar-refractivity contribution in [2.75, 3.05) is 47.0 Å². The van der Waals surface area contributed by atoms with E-state index in [9.17, 15) is 4.79 Å². The number of nitrogens with one attached hydrogen (secondary N) is 1. The number of nitrogens with zero attached hydrogens (tertiary/aromatic N) is 1. The minimum atomic E-state index is -0.590. The van der Waals surface area contributed by atoms with E-state index in [1.165, 1.54) is 7.11 Å². The van der Waals surface area contributed by atoms with Gasteiger partial charge in [0.25, 0.3) is 0 Å². The Morgan fingerprint density at radius 1 is 1.45 bits per heavy atom. The van der Waals surface area contributed by atoms with Gasteiger partial charge in [-0.15, -0.1) is 0 Å². The Bertz CT molecular complexity index is 293. The van der Waals surface area contributed by atoms with Crippen LogP contribution in [0.5, 0.6) is 0 Å². The fourth-order valence-electron chi connectivity index (χ4n) is 2.75. The van der Waals surface area contributed by atoms with E-state index in [1.807, 2.05) is 13.8 Å². The van der Waals surface area contributed by atoms with Crippen molar-refractivity contribution >= 4 is 5.97 Å². The maximum Gasteiger partial charge on any atom is 0.325 e. The second-order valence-electron chi connectivity index (χ2n) is 5.92. The van der Waals surface area contributed by atoms with E-state index in [2.05, 4.69) is 17.3 Å². The summed E-state index contributed by atoms with van der Waals surface area (Å²) >= 11 is 0. The molecule has 1 rings (SSSR count). The Morgan fingerprint density at radius 3 is 2.65 bits per heavy atom. The summed E-state index contributed by atoms with van der Waals surface area (Å²) in [4.78, 5) is 14.2. The monoisotopic (exact) mass is 286 g/mol. The molecular formula is C15H30N2O3. The largest absolute Gasteiger partial charge is 0.468 e. The molecule has 0 spiro atoms. The molecule has 1 atom stereocenters. The first-order chi connectivity index (χ1) is 9.51. The zero-order chi connectivity index (χ0) is 15.0. The van der Waals surface area contributed by atoms with Gasteiger partial charge in [0, 0.05) is 26.3 Å². The van der Waals surface area contributed by atoms with E-state index in [1.54, 1.807) is 0 Å². The van der Waals surface area contributed by atoms with E-state index in [-0.39, 0.29) is 5.97 Å². The van der Waals surface area contributed by atoms with Crippen LogP contribution in [0.1, 0.15) is 33.1 Å². The number of hydrogen-bond donors (Lipinski definition) is 1. The van der Waals surface area contributed by atoms with Crippen LogP contribution >= 0.6 is 0 Å². The normalized spacial score (nSPS) is 19.9. The highest BCUT2D eigenvalue weighted by Crippen LogP contribution is 2.17. The van der Waals surface area contributed by atoms with Gasteiger partial charge in [0.05, 0.1) is 7.11 Å². The minimum Gasteiger partial charge on any atom is -0.468 e. The Balaban J connectivity index is 2.39. The van der Waals surface area contributed by atoms with Crippen molar-refractivity contribution in [2.45, 2.75) is 38.6 Å². The molecule has 1 unspecified atom stereocenters. The third kappa shape index (κ3) is 5.38. The van der Waals surface area contributed by atoms with Crippen molar-refractivity contribution in [3.05, 3.63) is 0 Å². The number of likely N-dealkylation sites (N-methyl/N-ethyl adjacent to an activating group) is 1. The molecule has 0 aliphatic carbocycles. The Labute approximate surface area is 123 Å². The first kappa shape index (κ1) is 17.4. The molecule has 1 heterocycles. The van der Waals surface area contributed by atoms with Gasteiger partial charge in [0.15, 0.2) is 0 Å². The third-order valence-corrected chi connectivity index (χ3v) is 4.11. The van der Waals surface area contributed by atoms with E-state index >= 15 is 0 Å². The second-order valence-corrected chi connectivity index (χ2v) is 5.92. The number of esters is 1. The highest BCUT2D eigenvalue weighted by atomic mass is 16.5. The van der Waals surface area contributed by atoms with Gasteiger partial charge in [-0.05, 0) is 45.7 Å². The number of methoxy groups -OCH3 is 1. The van der Waals surface area contributed by atoms with Gasteiger partial charge in [0.1, 0.15) is 5.54 Å². The maximum atomic E-state index is 11.9. The standard InChI is InChI=1S/C15H30N2O3/c1-5-16-15(2,14(18)19-4)8-9-17(3)12-13-6-10-20-11-7-13/h13,16H,5-12H2,1-4H3. The average molecular weight is 286 g/mol. The summed E-state index contributed by atoms with van der Waals surface area (Å²) < 4.78 is 10.3. The summed E-state index contributed by atoms with van der Waals surface area (Å²) in [5, 5.41) is 3.25. The lowest BCUT2D eigenvalue weighted by Gasteiger charge is -2.31. The Morgan fingerprint density at radius 2 is 2.10 bits per heavy atom. The highest BCUT2D eigenvalue weighted by Gasteiger charge is 2.33. The van der Waals surface area contributed by atoms with Crippen molar-refractivity contribution in [3.63, 3.8) is 0 Å². The lowest BCUT2D eigenvalue weighted by molar-refractivity contribution is -0.148. The quantitative estimate of drug-likeness (QED) is 0.681. The first-order valence-corrected chi connectivity index (χ1v) is 7.61. The van der Waals surface area contributed by atoms with Crippen molar-refractivity contribution in [1.82, 2.24) is 10.2 Å². The van der Waals surface area contributed by atoms with Crippen LogP contribution in [0.3, 0.4) is 0 Å². The zero-order valence-corrected chi connectivity index (χ0v) is 13.4. The SMILES string of the molecule is CCNC(C)(CCN(C)CC1CCOCC1)C(=O)OC. The lowest BCUT2D eigenvalue weighted by atomic mass is 9.96. The molecule has 1 N–H and O–H groups in total. The van der Waals surface area contributed by atoms with Crippen LogP contribution in [0.2, 0.25) is 0 Å². The molecule has 0 amide bonds. The molecule has 0 radical (unpaired) electrons. The van der Waals surface area contributed by atoms with E-state index < -0.39 is 5.54 Å². The van der Waals surface area contributed by atoms with E-state index in [0.717, 1.165) is 58.0 Å². The van der Waals surface area contributed by atoms with Crippen molar-refractivity contribution < 1.29 is 14.3 Å². The molecule has 0 aromatic rings. The molecule has 5 nitrogen and oxygen atoms in total. The minimum absolute atomic E-state index is 0.182. The second kappa shape index (κ2) is 8.60. The smallest absolute Gasteiger partial charge is 0.325 e. The van der Waals surface area contributed by atoms with Gasteiger partial charge in [-0.2, -0.15) is 0 Å². The summed E-state index contributed by atoms with van der Waals surface area (Å²) in [6, 6.07) is 0. The molecular weight excluding hydrogens is 256 g/mol. The fourth-order valence-corrected chi connectivity index (χ4v) is 2.75. The van der Waals surface area contributed by atoms with Crippen LogP contribution < -0.4 is 5.32 Å². The molecule has 118 valence electrons. The molecule has 1 saturated heterocycles. The lowest BCUT2D eigenvalue weighted by Crippen LogP contribution is -2.52. The predicted octanol–water partition coefficient (Wildman–Crippen LogP) is 1.28. The van der Waals surface area contributed by atoms with Crippen molar-refractivity contribution in [3.8, 4) is 0 Å². The molecule has 0 aromatic heterocycles. The van der Waals surface area contributed by atoms with Crippen LogP contribution in [0.4, 0.5) is 0 Å². The maximum absolute atomic E-state index is 11.9. The fraction of sp³-hybridized carbons (Fsp3) is 0.933. The summed E-state index contributed by atoms with van der Waals surface area (Å²) in [5.74, 6) is 0.538. The van der Waals surface area contributed by atoms with Crippen molar-refractivity contribution in [2.24, 2.45) is 5.92 Å². The van der Waals surface area contributed by atoms with Gasteiger partial charge in [-0.3, -0.25) is 4.79 Å². The molecule has 1 aliphatic rings.